The Morgan fingerprint density at radius 1 is 1.28 bits per heavy atom. The summed E-state index contributed by atoms with van der Waals surface area (Å²) >= 11 is 0. The van der Waals surface area contributed by atoms with Gasteiger partial charge in [-0.05, 0) is 31.1 Å². The van der Waals surface area contributed by atoms with Gasteiger partial charge in [-0.15, -0.1) is 0 Å². The molecule has 0 saturated heterocycles. The van der Waals surface area contributed by atoms with Crippen LogP contribution in [0.1, 0.15) is 76.6 Å². The molecule has 0 aliphatic heterocycles. The molecule has 2 rings (SSSR count). The van der Waals surface area contributed by atoms with Gasteiger partial charge in [-0.1, -0.05) is 38.8 Å². The normalized spacial score (nSPS) is 26.5. The maximum Gasteiger partial charge on any atom is 0.243 e. The SMILES string of the molecule is CC(C)C[C@H](N)c1nc(C2CCC(C)CC2)no1. The molecule has 18 heavy (non-hydrogen) atoms. The molecule has 0 aromatic carbocycles. The third kappa shape index (κ3) is 3.31. The molecule has 0 amide bonds. The van der Waals surface area contributed by atoms with Crippen LogP contribution in [0.15, 0.2) is 4.52 Å². The van der Waals surface area contributed by atoms with E-state index in [1.807, 2.05) is 0 Å². The highest BCUT2D eigenvalue weighted by molar-refractivity contribution is 4.99. The highest BCUT2D eigenvalue weighted by atomic mass is 16.5. The van der Waals surface area contributed by atoms with Crippen LogP contribution in [-0.4, -0.2) is 10.1 Å². The Hall–Kier alpha value is -0.900. The fraction of sp³-hybridized carbons (Fsp3) is 0.857. The number of aromatic nitrogens is 2. The van der Waals surface area contributed by atoms with Crippen molar-refractivity contribution in [2.75, 3.05) is 0 Å². The second-order valence-corrected chi connectivity index (χ2v) is 6.18. The van der Waals surface area contributed by atoms with Gasteiger partial charge < -0.3 is 10.3 Å². The average Bonchev–Trinajstić information content (AvgIpc) is 2.78. The molecule has 1 aliphatic carbocycles. The quantitative estimate of drug-likeness (QED) is 0.890. The van der Waals surface area contributed by atoms with E-state index in [0.29, 0.717) is 17.7 Å². The summed E-state index contributed by atoms with van der Waals surface area (Å²) in [6.07, 6.45) is 5.79. The first kappa shape index (κ1) is 13.5. The summed E-state index contributed by atoms with van der Waals surface area (Å²) in [5.41, 5.74) is 6.06. The third-order valence-electron chi connectivity index (χ3n) is 3.88. The predicted molar refractivity (Wildman–Crippen MR) is 71.1 cm³/mol. The van der Waals surface area contributed by atoms with Crippen molar-refractivity contribution in [2.45, 2.75) is 64.8 Å². The average molecular weight is 251 g/mol. The summed E-state index contributed by atoms with van der Waals surface area (Å²) in [4.78, 5) is 4.51. The number of rotatable bonds is 4. The third-order valence-corrected chi connectivity index (χ3v) is 3.88. The molecule has 0 bridgehead atoms. The summed E-state index contributed by atoms with van der Waals surface area (Å²) in [5, 5.41) is 4.13. The minimum atomic E-state index is -0.117. The number of hydrogen-bond donors (Lipinski definition) is 1. The fourth-order valence-electron chi connectivity index (χ4n) is 2.69. The zero-order valence-corrected chi connectivity index (χ0v) is 11.7. The summed E-state index contributed by atoms with van der Waals surface area (Å²) in [6.45, 7) is 6.62. The van der Waals surface area contributed by atoms with E-state index in [0.717, 1.165) is 18.2 Å². The fourth-order valence-corrected chi connectivity index (χ4v) is 2.69. The van der Waals surface area contributed by atoms with Gasteiger partial charge in [-0.3, -0.25) is 0 Å². The van der Waals surface area contributed by atoms with Crippen LogP contribution in [-0.2, 0) is 0 Å². The van der Waals surface area contributed by atoms with Gasteiger partial charge in [0.15, 0.2) is 5.82 Å². The molecule has 1 fully saturated rings. The minimum absolute atomic E-state index is 0.117. The first-order valence-electron chi connectivity index (χ1n) is 7.15. The van der Waals surface area contributed by atoms with Crippen molar-refractivity contribution < 1.29 is 4.52 Å². The molecule has 0 radical (unpaired) electrons. The molecule has 4 nitrogen and oxygen atoms in total. The topological polar surface area (TPSA) is 64.9 Å². The standard InChI is InChI=1S/C14H25N3O/c1-9(2)8-12(15)14-16-13(17-18-14)11-6-4-10(3)5-7-11/h9-12H,4-8,15H2,1-3H3/t10?,11?,12-/m0/s1. The summed E-state index contributed by atoms with van der Waals surface area (Å²) in [7, 11) is 0. The van der Waals surface area contributed by atoms with E-state index >= 15 is 0 Å². The Morgan fingerprint density at radius 3 is 2.56 bits per heavy atom. The van der Waals surface area contributed by atoms with Crippen LogP contribution in [0.4, 0.5) is 0 Å². The van der Waals surface area contributed by atoms with Crippen molar-refractivity contribution in [3.05, 3.63) is 11.7 Å². The Balaban J connectivity index is 1.97. The number of nitrogens with zero attached hydrogens (tertiary/aromatic N) is 2. The van der Waals surface area contributed by atoms with Crippen molar-refractivity contribution in [3.63, 3.8) is 0 Å². The Bertz CT molecular complexity index is 367. The van der Waals surface area contributed by atoms with Gasteiger partial charge in [-0.2, -0.15) is 4.98 Å². The summed E-state index contributed by atoms with van der Waals surface area (Å²) < 4.78 is 5.32. The molecule has 1 aromatic rings. The number of hydrogen-bond acceptors (Lipinski definition) is 4. The van der Waals surface area contributed by atoms with E-state index in [9.17, 15) is 0 Å². The van der Waals surface area contributed by atoms with Gasteiger partial charge in [0.1, 0.15) is 0 Å². The molecule has 1 heterocycles. The van der Waals surface area contributed by atoms with Crippen LogP contribution in [0, 0.1) is 11.8 Å². The maximum atomic E-state index is 6.06. The highest BCUT2D eigenvalue weighted by Gasteiger charge is 2.25. The van der Waals surface area contributed by atoms with Crippen LogP contribution in [0.5, 0.6) is 0 Å². The first-order chi connectivity index (χ1) is 8.56. The van der Waals surface area contributed by atoms with Gasteiger partial charge in [0.25, 0.3) is 0 Å². The van der Waals surface area contributed by atoms with Gasteiger partial charge in [0, 0.05) is 5.92 Å². The van der Waals surface area contributed by atoms with E-state index in [-0.39, 0.29) is 6.04 Å². The molecule has 102 valence electrons. The molecule has 1 aromatic heterocycles. The van der Waals surface area contributed by atoms with Gasteiger partial charge in [0.05, 0.1) is 6.04 Å². The van der Waals surface area contributed by atoms with Gasteiger partial charge in [0.2, 0.25) is 5.89 Å². The van der Waals surface area contributed by atoms with Gasteiger partial charge in [-0.25, -0.2) is 0 Å². The van der Waals surface area contributed by atoms with E-state index in [4.69, 9.17) is 10.3 Å². The lowest BCUT2D eigenvalue weighted by Crippen LogP contribution is -2.14. The zero-order chi connectivity index (χ0) is 13.1. The lowest BCUT2D eigenvalue weighted by atomic mass is 9.83. The zero-order valence-electron chi connectivity index (χ0n) is 11.7. The number of nitrogens with two attached hydrogens (primary N) is 1. The lowest BCUT2D eigenvalue weighted by Gasteiger charge is -2.23. The van der Waals surface area contributed by atoms with E-state index in [1.54, 1.807) is 0 Å². The second-order valence-electron chi connectivity index (χ2n) is 6.18. The minimum Gasteiger partial charge on any atom is -0.338 e. The van der Waals surface area contributed by atoms with Gasteiger partial charge >= 0.3 is 0 Å². The molecule has 1 atom stereocenters. The molecular formula is C14H25N3O. The van der Waals surface area contributed by atoms with Crippen molar-refractivity contribution in [3.8, 4) is 0 Å². The van der Waals surface area contributed by atoms with E-state index < -0.39 is 0 Å². The summed E-state index contributed by atoms with van der Waals surface area (Å²) in [6, 6.07) is -0.117. The lowest BCUT2D eigenvalue weighted by molar-refractivity contribution is 0.313. The Kier molecular flexibility index (Phi) is 4.38. The molecule has 4 heteroatoms. The van der Waals surface area contributed by atoms with Crippen molar-refractivity contribution in [1.29, 1.82) is 0 Å². The monoisotopic (exact) mass is 251 g/mol. The Labute approximate surface area is 109 Å². The van der Waals surface area contributed by atoms with Crippen LogP contribution in [0.2, 0.25) is 0 Å². The predicted octanol–water partition coefficient (Wildman–Crippen LogP) is 3.41. The molecular weight excluding hydrogens is 226 g/mol. The molecule has 1 saturated carbocycles. The smallest absolute Gasteiger partial charge is 0.243 e. The first-order valence-corrected chi connectivity index (χ1v) is 7.15. The van der Waals surface area contributed by atoms with Crippen molar-refractivity contribution in [1.82, 2.24) is 10.1 Å². The Morgan fingerprint density at radius 2 is 1.94 bits per heavy atom. The largest absolute Gasteiger partial charge is 0.338 e. The van der Waals surface area contributed by atoms with E-state index in [2.05, 4.69) is 30.9 Å². The summed E-state index contributed by atoms with van der Waals surface area (Å²) in [5.74, 6) is 3.35. The molecule has 1 aliphatic rings. The van der Waals surface area contributed by atoms with Crippen LogP contribution < -0.4 is 5.73 Å². The highest BCUT2D eigenvalue weighted by Crippen LogP contribution is 2.34. The maximum absolute atomic E-state index is 6.06. The molecule has 0 unspecified atom stereocenters. The van der Waals surface area contributed by atoms with E-state index in [1.165, 1.54) is 25.7 Å². The second kappa shape index (κ2) is 5.83. The van der Waals surface area contributed by atoms with Crippen LogP contribution in [0.25, 0.3) is 0 Å². The molecule has 2 N–H and O–H groups in total. The molecule has 0 spiro atoms. The van der Waals surface area contributed by atoms with Crippen molar-refractivity contribution in [2.24, 2.45) is 17.6 Å². The van der Waals surface area contributed by atoms with Crippen LogP contribution >= 0.6 is 0 Å². The van der Waals surface area contributed by atoms with Crippen LogP contribution in [0.3, 0.4) is 0 Å². The van der Waals surface area contributed by atoms with Crippen molar-refractivity contribution >= 4 is 0 Å².